The Morgan fingerprint density at radius 2 is 1.94 bits per heavy atom. The molecule has 1 aliphatic carbocycles. The largest absolute Gasteiger partial charge is 0.461 e. The van der Waals surface area contributed by atoms with E-state index < -0.39 is 23.6 Å². The Bertz CT molecular complexity index is 937. The fraction of sp³-hybridized carbons (Fsp3) is 0.476. The summed E-state index contributed by atoms with van der Waals surface area (Å²) in [5.74, 6) is -0.744. The van der Waals surface area contributed by atoms with Crippen molar-refractivity contribution in [1.82, 2.24) is 15.1 Å². The number of hydrogen-bond acceptors (Lipinski definition) is 4. The van der Waals surface area contributed by atoms with Crippen molar-refractivity contribution in [1.29, 1.82) is 0 Å². The predicted octanol–water partition coefficient (Wildman–Crippen LogP) is 4.72. The molecule has 1 aromatic heterocycles. The number of nitrogens with one attached hydrogen (secondary N) is 1. The Morgan fingerprint density at radius 3 is 2.58 bits per heavy atom. The average molecular weight is 458 g/mol. The van der Waals surface area contributed by atoms with Gasteiger partial charge in [-0.15, -0.1) is 0 Å². The van der Waals surface area contributed by atoms with Gasteiger partial charge in [0.1, 0.15) is 0 Å². The SMILES string of the molecule is CCOC(=O)c1ccn(CC2CCC(NC(=O)c3cc(C(F)(F)F)ccc3Cl)CC2)n1. The van der Waals surface area contributed by atoms with E-state index in [9.17, 15) is 22.8 Å². The maximum atomic E-state index is 12.9. The van der Waals surface area contributed by atoms with Gasteiger partial charge in [-0.3, -0.25) is 9.48 Å². The number of nitrogens with zero attached hydrogens (tertiary/aromatic N) is 2. The number of amides is 1. The molecular formula is C21H23ClF3N3O3. The van der Waals surface area contributed by atoms with Crippen LogP contribution in [0.4, 0.5) is 13.2 Å². The zero-order chi connectivity index (χ0) is 22.6. The number of esters is 1. The molecular weight excluding hydrogens is 435 g/mol. The minimum Gasteiger partial charge on any atom is -0.461 e. The normalized spacial score (nSPS) is 19.1. The van der Waals surface area contributed by atoms with Gasteiger partial charge in [-0.05, 0) is 62.8 Å². The molecule has 1 aliphatic rings. The van der Waals surface area contributed by atoms with Crippen LogP contribution >= 0.6 is 11.6 Å². The Kier molecular flexibility index (Phi) is 7.25. The topological polar surface area (TPSA) is 73.2 Å². The minimum absolute atomic E-state index is 0.0183. The van der Waals surface area contributed by atoms with Crippen LogP contribution in [0.15, 0.2) is 30.5 Å². The van der Waals surface area contributed by atoms with Crippen LogP contribution in [0.5, 0.6) is 0 Å². The molecule has 0 radical (unpaired) electrons. The van der Waals surface area contributed by atoms with Crippen LogP contribution in [-0.2, 0) is 17.5 Å². The lowest BCUT2D eigenvalue weighted by atomic mass is 9.86. The third-order valence-corrected chi connectivity index (χ3v) is 5.62. The zero-order valence-electron chi connectivity index (χ0n) is 16.9. The molecule has 0 spiro atoms. The van der Waals surface area contributed by atoms with Gasteiger partial charge < -0.3 is 10.1 Å². The summed E-state index contributed by atoms with van der Waals surface area (Å²) in [5.41, 5.74) is -0.824. The summed E-state index contributed by atoms with van der Waals surface area (Å²) in [5, 5.41) is 7.01. The Labute approximate surface area is 182 Å². The van der Waals surface area contributed by atoms with Gasteiger partial charge in [-0.1, -0.05) is 11.6 Å². The number of aromatic nitrogens is 2. The summed E-state index contributed by atoms with van der Waals surface area (Å²) in [6, 6.07) is 4.20. The van der Waals surface area contributed by atoms with Gasteiger partial charge in [0.15, 0.2) is 5.69 Å². The summed E-state index contributed by atoms with van der Waals surface area (Å²) in [6.07, 6.45) is 0.205. The van der Waals surface area contributed by atoms with Gasteiger partial charge in [-0.2, -0.15) is 18.3 Å². The standard InChI is InChI=1S/C21H23ClF3N3O3/c1-2-31-20(30)18-9-10-28(27-18)12-13-3-6-15(7-4-13)26-19(29)16-11-14(21(23,24)25)5-8-17(16)22/h5,8-11,13,15H,2-4,6-7,12H2,1H3,(H,26,29). The first-order chi connectivity index (χ1) is 14.7. The second-order valence-corrected chi connectivity index (χ2v) is 7.93. The van der Waals surface area contributed by atoms with Gasteiger partial charge in [0.2, 0.25) is 0 Å². The van der Waals surface area contributed by atoms with Gasteiger partial charge in [0.05, 0.1) is 22.8 Å². The van der Waals surface area contributed by atoms with E-state index in [1.807, 2.05) is 0 Å². The first-order valence-corrected chi connectivity index (χ1v) is 10.4. The molecule has 1 saturated carbocycles. The molecule has 0 saturated heterocycles. The molecule has 0 bridgehead atoms. The molecule has 1 heterocycles. The molecule has 1 fully saturated rings. The Hall–Kier alpha value is -2.55. The molecule has 168 valence electrons. The second kappa shape index (κ2) is 9.72. The van der Waals surface area contributed by atoms with Crippen LogP contribution in [0.25, 0.3) is 0 Å². The molecule has 10 heteroatoms. The molecule has 0 unspecified atom stereocenters. The molecule has 3 rings (SSSR count). The quantitative estimate of drug-likeness (QED) is 0.637. The monoisotopic (exact) mass is 457 g/mol. The Morgan fingerprint density at radius 1 is 1.23 bits per heavy atom. The predicted molar refractivity (Wildman–Crippen MR) is 108 cm³/mol. The van der Waals surface area contributed by atoms with Crippen molar-refractivity contribution in [2.75, 3.05) is 6.61 Å². The van der Waals surface area contributed by atoms with Crippen molar-refractivity contribution in [3.63, 3.8) is 0 Å². The van der Waals surface area contributed by atoms with E-state index in [2.05, 4.69) is 10.4 Å². The highest BCUT2D eigenvalue weighted by molar-refractivity contribution is 6.33. The van der Waals surface area contributed by atoms with Gasteiger partial charge in [0, 0.05) is 18.8 Å². The summed E-state index contributed by atoms with van der Waals surface area (Å²) in [6.45, 7) is 2.65. The lowest BCUT2D eigenvalue weighted by Gasteiger charge is -2.29. The summed E-state index contributed by atoms with van der Waals surface area (Å²) in [4.78, 5) is 24.2. The lowest BCUT2D eigenvalue weighted by molar-refractivity contribution is -0.137. The highest BCUT2D eigenvalue weighted by atomic mass is 35.5. The highest BCUT2D eigenvalue weighted by Gasteiger charge is 2.32. The molecule has 2 aromatic rings. The lowest BCUT2D eigenvalue weighted by Crippen LogP contribution is -2.38. The van der Waals surface area contributed by atoms with Crippen molar-refractivity contribution in [3.05, 3.63) is 52.3 Å². The number of hydrogen-bond donors (Lipinski definition) is 1. The third-order valence-electron chi connectivity index (χ3n) is 5.29. The number of benzene rings is 1. The van der Waals surface area contributed by atoms with E-state index in [1.54, 1.807) is 23.9 Å². The minimum atomic E-state index is -4.54. The van der Waals surface area contributed by atoms with Gasteiger partial charge in [0.25, 0.3) is 5.91 Å². The first kappa shape index (κ1) is 23.1. The number of halogens is 4. The second-order valence-electron chi connectivity index (χ2n) is 7.53. The molecule has 31 heavy (non-hydrogen) atoms. The highest BCUT2D eigenvalue weighted by Crippen LogP contribution is 2.32. The van der Waals surface area contributed by atoms with E-state index in [0.717, 1.165) is 31.0 Å². The van der Waals surface area contributed by atoms with Crippen molar-refractivity contribution in [2.24, 2.45) is 5.92 Å². The van der Waals surface area contributed by atoms with E-state index in [-0.39, 0.29) is 28.9 Å². The van der Waals surface area contributed by atoms with Crippen LogP contribution in [0.2, 0.25) is 5.02 Å². The third kappa shape index (κ3) is 6.00. The maximum Gasteiger partial charge on any atom is 0.416 e. The fourth-order valence-electron chi connectivity index (χ4n) is 3.67. The van der Waals surface area contributed by atoms with E-state index >= 15 is 0 Å². The van der Waals surface area contributed by atoms with E-state index in [1.165, 1.54) is 0 Å². The first-order valence-electron chi connectivity index (χ1n) is 10.1. The fourth-order valence-corrected chi connectivity index (χ4v) is 3.87. The van der Waals surface area contributed by atoms with E-state index in [0.29, 0.717) is 25.3 Å². The smallest absolute Gasteiger partial charge is 0.416 e. The van der Waals surface area contributed by atoms with Crippen molar-refractivity contribution < 1.29 is 27.5 Å². The van der Waals surface area contributed by atoms with Crippen molar-refractivity contribution in [3.8, 4) is 0 Å². The molecule has 1 N–H and O–H groups in total. The molecule has 0 aliphatic heterocycles. The average Bonchev–Trinajstić information content (AvgIpc) is 3.17. The molecule has 1 aromatic carbocycles. The number of rotatable bonds is 6. The number of alkyl halides is 3. The van der Waals surface area contributed by atoms with Crippen LogP contribution in [0.1, 0.15) is 59.0 Å². The van der Waals surface area contributed by atoms with Crippen molar-refractivity contribution >= 4 is 23.5 Å². The van der Waals surface area contributed by atoms with Crippen LogP contribution in [-0.4, -0.2) is 34.3 Å². The molecule has 1 amide bonds. The van der Waals surface area contributed by atoms with Crippen LogP contribution < -0.4 is 5.32 Å². The van der Waals surface area contributed by atoms with Crippen LogP contribution in [0.3, 0.4) is 0 Å². The maximum absolute atomic E-state index is 12.9. The number of carbonyl (C=O) groups is 2. The summed E-state index contributed by atoms with van der Waals surface area (Å²) in [7, 11) is 0. The van der Waals surface area contributed by atoms with E-state index in [4.69, 9.17) is 16.3 Å². The molecule has 6 nitrogen and oxygen atoms in total. The Balaban J connectivity index is 1.52. The molecule has 0 atom stereocenters. The number of ether oxygens (including phenoxy) is 1. The number of carbonyl (C=O) groups excluding carboxylic acids is 2. The van der Waals surface area contributed by atoms with Gasteiger partial charge in [-0.25, -0.2) is 4.79 Å². The van der Waals surface area contributed by atoms with Gasteiger partial charge >= 0.3 is 12.1 Å². The summed E-state index contributed by atoms with van der Waals surface area (Å²) >= 11 is 5.95. The zero-order valence-corrected chi connectivity index (χ0v) is 17.7. The summed E-state index contributed by atoms with van der Waals surface area (Å²) < 4.78 is 45.4. The van der Waals surface area contributed by atoms with Crippen molar-refractivity contribution in [2.45, 2.75) is 51.4 Å². The van der Waals surface area contributed by atoms with Crippen LogP contribution in [0, 0.1) is 5.92 Å².